The molecule has 0 saturated carbocycles. The zero-order valence-electron chi connectivity index (χ0n) is 9.90. The zero-order valence-corrected chi connectivity index (χ0v) is 10.7. The molecule has 0 aliphatic carbocycles. The van der Waals surface area contributed by atoms with Gasteiger partial charge in [-0.15, -0.1) is 10.2 Å². The van der Waals surface area contributed by atoms with Crippen LogP contribution in [0.15, 0.2) is 0 Å². The van der Waals surface area contributed by atoms with Crippen LogP contribution in [0.4, 0.5) is 5.13 Å². The van der Waals surface area contributed by atoms with Gasteiger partial charge in [0.1, 0.15) is 5.01 Å². The standard InChI is InChI=1S/C10H17N5OS/c1-8-13-14-10(17-8)12-9(16)7-15-5-2-3-11-4-6-15/h11H,2-7H2,1H3,(H,12,14,16). The minimum atomic E-state index is -0.0111. The number of amides is 1. The predicted octanol–water partition coefficient (Wildman–Crippen LogP) is 0.0803. The summed E-state index contributed by atoms with van der Waals surface area (Å²) >= 11 is 1.40. The molecule has 1 saturated heterocycles. The molecule has 0 atom stereocenters. The Hall–Kier alpha value is -1.05. The highest BCUT2D eigenvalue weighted by molar-refractivity contribution is 7.15. The normalized spacial score (nSPS) is 17.7. The van der Waals surface area contributed by atoms with Crippen molar-refractivity contribution in [3.05, 3.63) is 5.01 Å². The van der Waals surface area contributed by atoms with Crippen LogP contribution in [-0.4, -0.2) is 53.7 Å². The second kappa shape index (κ2) is 6.04. The number of hydrogen-bond acceptors (Lipinski definition) is 6. The van der Waals surface area contributed by atoms with Crippen molar-refractivity contribution < 1.29 is 4.79 Å². The minimum Gasteiger partial charge on any atom is -0.315 e. The lowest BCUT2D eigenvalue weighted by atomic mass is 10.4. The maximum absolute atomic E-state index is 11.8. The molecule has 1 aromatic heterocycles. The van der Waals surface area contributed by atoms with Crippen molar-refractivity contribution in [2.24, 2.45) is 0 Å². The van der Waals surface area contributed by atoms with E-state index in [2.05, 4.69) is 25.7 Å². The molecule has 0 bridgehead atoms. The number of carbonyl (C=O) groups excluding carboxylic acids is 1. The second-order valence-electron chi connectivity index (χ2n) is 4.05. The van der Waals surface area contributed by atoms with Crippen LogP contribution < -0.4 is 10.6 Å². The van der Waals surface area contributed by atoms with Crippen molar-refractivity contribution in [1.82, 2.24) is 20.4 Å². The number of aryl methyl sites for hydroxylation is 1. The lowest BCUT2D eigenvalue weighted by molar-refractivity contribution is -0.117. The largest absolute Gasteiger partial charge is 0.315 e. The fraction of sp³-hybridized carbons (Fsp3) is 0.700. The van der Waals surface area contributed by atoms with Crippen LogP contribution in [0.3, 0.4) is 0 Å². The molecule has 1 amide bonds. The summed E-state index contributed by atoms with van der Waals surface area (Å²) in [4.78, 5) is 13.9. The quantitative estimate of drug-likeness (QED) is 0.800. The van der Waals surface area contributed by atoms with Gasteiger partial charge in [-0.2, -0.15) is 0 Å². The first kappa shape index (κ1) is 12.4. The van der Waals surface area contributed by atoms with Gasteiger partial charge >= 0.3 is 0 Å². The number of carbonyl (C=O) groups is 1. The van der Waals surface area contributed by atoms with Gasteiger partial charge in [0.05, 0.1) is 6.54 Å². The highest BCUT2D eigenvalue weighted by Crippen LogP contribution is 2.13. The molecule has 2 rings (SSSR count). The monoisotopic (exact) mass is 255 g/mol. The van der Waals surface area contributed by atoms with Gasteiger partial charge in [0.2, 0.25) is 11.0 Å². The van der Waals surface area contributed by atoms with Gasteiger partial charge in [-0.05, 0) is 26.4 Å². The Labute approximate surface area is 104 Å². The summed E-state index contributed by atoms with van der Waals surface area (Å²) in [6.07, 6.45) is 1.09. The lowest BCUT2D eigenvalue weighted by Gasteiger charge is -2.17. The van der Waals surface area contributed by atoms with Crippen LogP contribution in [0.2, 0.25) is 0 Å². The van der Waals surface area contributed by atoms with Crippen LogP contribution in [-0.2, 0) is 4.79 Å². The molecular weight excluding hydrogens is 238 g/mol. The molecule has 6 nitrogen and oxygen atoms in total. The smallest absolute Gasteiger partial charge is 0.240 e. The lowest BCUT2D eigenvalue weighted by Crippen LogP contribution is -2.35. The van der Waals surface area contributed by atoms with Gasteiger partial charge in [-0.25, -0.2) is 0 Å². The van der Waals surface area contributed by atoms with E-state index in [1.54, 1.807) is 0 Å². The molecular formula is C10H17N5OS. The number of aromatic nitrogens is 2. The van der Waals surface area contributed by atoms with Gasteiger partial charge in [0, 0.05) is 13.1 Å². The van der Waals surface area contributed by atoms with Crippen molar-refractivity contribution in [2.75, 3.05) is 38.0 Å². The second-order valence-corrected chi connectivity index (χ2v) is 5.24. The molecule has 2 N–H and O–H groups in total. The van der Waals surface area contributed by atoms with E-state index in [1.165, 1.54) is 11.3 Å². The van der Waals surface area contributed by atoms with Crippen molar-refractivity contribution in [2.45, 2.75) is 13.3 Å². The van der Waals surface area contributed by atoms with Gasteiger partial charge in [-0.1, -0.05) is 11.3 Å². The molecule has 1 fully saturated rings. The van der Waals surface area contributed by atoms with Gasteiger partial charge in [0.25, 0.3) is 0 Å². The minimum absolute atomic E-state index is 0.0111. The van der Waals surface area contributed by atoms with Crippen LogP contribution in [0.1, 0.15) is 11.4 Å². The highest BCUT2D eigenvalue weighted by atomic mass is 32.1. The van der Waals surface area contributed by atoms with E-state index in [-0.39, 0.29) is 5.91 Å². The number of rotatable bonds is 3. The van der Waals surface area contributed by atoms with Crippen LogP contribution >= 0.6 is 11.3 Å². The average Bonchev–Trinajstić information content (AvgIpc) is 2.53. The summed E-state index contributed by atoms with van der Waals surface area (Å²) < 4.78 is 0. The molecule has 0 radical (unpaired) electrons. The van der Waals surface area contributed by atoms with Crippen LogP contribution in [0.25, 0.3) is 0 Å². The van der Waals surface area contributed by atoms with Crippen molar-refractivity contribution >= 4 is 22.4 Å². The highest BCUT2D eigenvalue weighted by Gasteiger charge is 2.13. The molecule has 0 spiro atoms. The Morgan fingerprint density at radius 1 is 1.47 bits per heavy atom. The fourth-order valence-electron chi connectivity index (χ4n) is 1.77. The average molecular weight is 255 g/mol. The van der Waals surface area contributed by atoms with Crippen LogP contribution in [0, 0.1) is 6.92 Å². The zero-order chi connectivity index (χ0) is 12.1. The van der Waals surface area contributed by atoms with Gasteiger partial charge < -0.3 is 5.32 Å². The summed E-state index contributed by atoms with van der Waals surface area (Å²) in [7, 11) is 0. The first-order chi connectivity index (χ1) is 8.24. The molecule has 94 valence electrons. The summed E-state index contributed by atoms with van der Waals surface area (Å²) in [6, 6.07) is 0. The van der Waals surface area contributed by atoms with E-state index in [0.717, 1.165) is 37.6 Å². The third-order valence-corrected chi connectivity index (χ3v) is 3.33. The molecule has 0 aromatic carbocycles. The van der Waals surface area contributed by atoms with Crippen molar-refractivity contribution in [1.29, 1.82) is 0 Å². The van der Waals surface area contributed by atoms with Crippen LogP contribution in [0.5, 0.6) is 0 Å². The maximum atomic E-state index is 11.8. The number of hydrogen-bond donors (Lipinski definition) is 2. The van der Waals surface area contributed by atoms with Crippen molar-refractivity contribution in [3.8, 4) is 0 Å². The molecule has 2 heterocycles. The Morgan fingerprint density at radius 3 is 3.12 bits per heavy atom. The Kier molecular flexibility index (Phi) is 4.41. The Morgan fingerprint density at radius 2 is 2.35 bits per heavy atom. The molecule has 1 aliphatic rings. The van der Waals surface area contributed by atoms with Crippen molar-refractivity contribution in [3.63, 3.8) is 0 Å². The van der Waals surface area contributed by atoms with E-state index < -0.39 is 0 Å². The molecule has 17 heavy (non-hydrogen) atoms. The Balaban J connectivity index is 1.80. The molecule has 7 heteroatoms. The van der Waals surface area contributed by atoms with E-state index in [1.807, 2.05) is 6.92 Å². The fourth-order valence-corrected chi connectivity index (χ4v) is 2.38. The van der Waals surface area contributed by atoms with Gasteiger partial charge in [0.15, 0.2) is 0 Å². The summed E-state index contributed by atoms with van der Waals surface area (Å²) in [5.74, 6) is -0.0111. The summed E-state index contributed by atoms with van der Waals surface area (Å²) in [5.41, 5.74) is 0. The summed E-state index contributed by atoms with van der Waals surface area (Å²) in [6.45, 7) is 6.17. The predicted molar refractivity (Wildman–Crippen MR) is 67.2 cm³/mol. The maximum Gasteiger partial charge on any atom is 0.240 e. The third-order valence-electron chi connectivity index (χ3n) is 2.57. The molecule has 0 unspecified atom stereocenters. The van der Waals surface area contributed by atoms with E-state index in [0.29, 0.717) is 11.7 Å². The Bertz CT molecular complexity index is 373. The summed E-state index contributed by atoms with van der Waals surface area (Å²) in [5, 5.41) is 15.3. The van der Waals surface area contributed by atoms with E-state index in [4.69, 9.17) is 0 Å². The first-order valence-corrected chi connectivity index (χ1v) is 6.59. The number of nitrogens with zero attached hydrogens (tertiary/aromatic N) is 3. The topological polar surface area (TPSA) is 70.2 Å². The molecule has 1 aliphatic heterocycles. The number of anilines is 1. The SMILES string of the molecule is Cc1nnc(NC(=O)CN2CCCNCC2)s1. The third kappa shape index (κ3) is 4.03. The molecule has 1 aromatic rings. The van der Waals surface area contributed by atoms with E-state index in [9.17, 15) is 4.79 Å². The van der Waals surface area contributed by atoms with Gasteiger partial charge in [-0.3, -0.25) is 15.0 Å². The van der Waals surface area contributed by atoms with E-state index >= 15 is 0 Å². The first-order valence-electron chi connectivity index (χ1n) is 5.77. The number of nitrogens with one attached hydrogen (secondary N) is 2.